The molecule has 1 heterocycles. The molecule has 6 heteroatoms. The normalized spacial score (nSPS) is 32.9. The number of hydrogen-bond acceptors (Lipinski definition) is 6. The van der Waals surface area contributed by atoms with Gasteiger partial charge in [0.25, 0.3) is 0 Å². The van der Waals surface area contributed by atoms with Crippen LogP contribution in [0.1, 0.15) is 108 Å². The van der Waals surface area contributed by atoms with Crippen molar-refractivity contribution in [1.82, 2.24) is 0 Å². The van der Waals surface area contributed by atoms with Crippen molar-refractivity contribution < 1.29 is 29.3 Å². The quantitative estimate of drug-likeness (QED) is 0.227. The fourth-order valence-corrected chi connectivity index (χ4v) is 7.46. The van der Waals surface area contributed by atoms with Crippen LogP contribution >= 0.6 is 0 Å². The number of carbonyl (C=O) groups excluding carboxylic acids is 3. The summed E-state index contributed by atoms with van der Waals surface area (Å²) in [5.41, 5.74) is -2.50. The molecule has 6 nitrogen and oxygen atoms in total. The summed E-state index contributed by atoms with van der Waals surface area (Å²) in [6.07, 6.45) is 5.97. The lowest BCUT2D eigenvalue weighted by molar-refractivity contribution is -0.181. The topological polar surface area (TPSA) is 101 Å². The highest BCUT2D eigenvalue weighted by atomic mass is 16.5. The maximum atomic E-state index is 15.3. The molecule has 3 aliphatic rings. The number of aliphatic hydroxyl groups is 2. The molecule has 2 aliphatic carbocycles. The molecule has 0 aromatic rings. The molecular weight excluding hydrogens is 516 g/mol. The van der Waals surface area contributed by atoms with E-state index in [1.165, 1.54) is 13.8 Å². The first kappa shape index (κ1) is 33.2. The summed E-state index contributed by atoms with van der Waals surface area (Å²) >= 11 is 0. The number of ketones is 3. The van der Waals surface area contributed by atoms with Crippen LogP contribution in [0.5, 0.6) is 0 Å². The van der Waals surface area contributed by atoms with Crippen molar-refractivity contribution in [3.63, 3.8) is 0 Å². The van der Waals surface area contributed by atoms with Crippen LogP contribution in [0, 0.1) is 28.1 Å². The van der Waals surface area contributed by atoms with Crippen molar-refractivity contribution in [2.24, 2.45) is 28.1 Å². The molecule has 0 spiro atoms. The largest absolute Gasteiger partial charge is 0.487 e. The second-order valence-corrected chi connectivity index (χ2v) is 14.5. The third kappa shape index (κ3) is 5.24. The van der Waals surface area contributed by atoms with Crippen molar-refractivity contribution in [2.75, 3.05) is 0 Å². The van der Waals surface area contributed by atoms with E-state index < -0.39 is 51.5 Å². The fraction of sp³-hybridized carbons (Fsp3) is 0.686. The smallest absolute Gasteiger partial charge is 0.186 e. The monoisotopic (exact) mass is 568 g/mol. The number of allylic oxidation sites excluding steroid dienone is 7. The Morgan fingerprint density at radius 2 is 1.59 bits per heavy atom. The van der Waals surface area contributed by atoms with Gasteiger partial charge in [-0.2, -0.15) is 0 Å². The summed E-state index contributed by atoms with van der Waals surface area (Å²) in [6.45, 7) is 20.5. The van der Waals surface area contributed by atoms with Gasteiger partial charge in [0, 0.05) is 5.92 Å². The zero-order chi connectivity index (χ0) is 31.3. The zero-order valence-corrected chi connectivity index (χ0v) is 27.1. The van der Waals surface area contributed by atoms with E-state index in [1.807, 2.05) is 54.5 Å². The van der Waals surface area contributed by atoms with Crippen molar-refractivity contribution in [1.29, 1.82) is 0 Å². The molecule has 1 fully saturated rings. The standard InChI is InChI=1S/C35H52O6/c1-20(2)13-12-17-33(11)24(15-14-21(3)4)19-34(18-16-22(5)6)29-25(26(36)30(41-29)32(9,10)40)28(38)35(33,31(34)39)27(37)23(7)8/h13-14,16,23-24,26,30,36,40H,12,15,17-19H2,1-11H3/t24-,26+,30+,33+,34+,35-/m0/s1. The van der Waals surface area contributed by atoms with Gasteiger partial charge in [-0.05, 0) is 98.8 Å². The molecule has 6 atom stereocenters. The van der Waals surface area contributed by atoms with Crippen LogP contribution in [0.25, 0.3) is 0 Å². The molecule has 1 saturated carbocycles. The first-order chi connectivity index (χ1) is 18.8. The molecule has 2 N–H and O–H groups in total. The Hall–Kier alpha value is -2.31. The van der Waals surface area contributed by atoms with E-state index in [4.69, 9.17) is 4.74 Å². The van der Waals surface area contributed by atoms with E-state index in [-0.39, 0.29) is 29.5 Å². The van der Waals surface area contributed by atoms with Gasteiger partial charge in [-0.1, -0.05) is 55.7 Å². The third-order valence-corrected chi connectivity index (χ3v) is 9.70. The number of carbonyl (C=O) groups is 3. The second-order valence-electron chi connectivity index (χ2n) is 14.5. The van der Waals surface area contributed by atoms with Crippen LogP contribution in [-0.2, 0) is 19.1 Å². The van der Waals surface area contributed by atoms with Gasteiger partial charge in [0.2, 0.25) is 0 Å². The highest BCUT2D eigenvalue weighted by Gasteiger charge is 2.78. The molecular formula is C35H52O6. The van der Waals surface area contributed by atoms with E-state index in [2.05, 4.69) is 12.2 Å². The SMILES string of the molecule is CC(C)=CCC[C@]1(C)[C@@H](CC=C(C)C)C[C@@]2(CC=C(C)C)C(=O)[C@]1(C(=O)C(C)C)C(=O)C1=C2O[C@@H](C(C)(C)O)[C@@H]1O. The summed E-state index contributed by atoms with van der Waals surface area (Å²) < 4.78 is 6.32. The Morgan fingerprint density at radius 3 is 2.07 bits per heavy atom. The van der Waals surface area contributed by atoms with Crippen molar-refractivity contribution in [3.05, 3.63) is 46.3 Å². The maximum Gasteiger partial charge on any atom is 0.186 e. The lowest BCUT2D eigenvalue weighted by Crippen LogP contribution is -2.71. The molecule has 1 aliphatic heterocycles. The zero-order valence-electron chi connectivity index (χ0n) is 27.1. The van der Waals surface area contributed by atoms with Crippen LogP contribution in [0.4, 0.5) is 0 Å². The molecule has 2 bridgehead atoms. The number of fused-ring (bicyclic) bond motifs is 3. The van der Waals surface area contributed by atoms with Gasteiger partial charge in [-0.25, -0.2) is 0 Å². The summed E-state index contributed by atoms with van der Waals surface area (Å²) in [4.78, 5) is 44.9. The van der Waals surface area contributed by atoms with Gasteiger partial charge in [0.05, 0.1) is 16.6 Å². The maximum absolute atomic E-state index is 15.3. The Balaban J connectivity index is 2.48. The van der Waals surface area contributed by atoms with Crippen molar-refractivity contribution in [3.8, 4) is 0 Å². The van der Waals surface area contributed by atoms with E-state index in [9.17, 15) is 19.8 Å². The van der Waals surface area contributed by atoms with Crippen LogP contribution in [0.15, 0.2) is 46.3 Å². The van der Waals surface area contributed by atoms with E-state index >= 15 is 4.79 Å². The number of rotatable bonds is 10. The highest BCUT2D eigenvalue weighted by molar-refractivity contribution is 6.34. The Morgan fingerprint density at radius 1 is 1.02 bits per heavy atom. The van der Waals surface area contributed by atoms with Gasteiger partial charge in [-0.15, -0.1) is 0 Å². The Bertz CT molecular complexity index is 1210. The highest BCUT2D eigenvalue weighted by Crippen LogP contribution is 2.69. The average molecular weight is 569 g/mol. The molecule has 0 aromatic carbocycles. The van der Waals surface area contributed by atoms with Crippen LogP contribution in [-0.4, -0.2) is 45.4 Å². The average Bonchev–Trinajstić information content (AvgIpc) is 3.20. The van der Waals surface area contributed by atoms with Crippen molar-refractivity contribution >= 4 is 17.3 Å². The van der Waals surface area contributed by atoms with E-state index in [0.29, 0.717) is 25.7 Å². The number of hydrogen-bond donors (Lipinski definition) is 2. The van der Waals surface area contributed by atoms with Crippen molar-refractivity contribution in [2.45, 2.75) is 126 Å². The third-order valence-electron chi connectivity index (χ3n) is 9.70. The summed E-state index contributed by atoms with van der Waals surface area (Å²) in [5, 5.41) is 22.6. The molecule has 0 radical (unpaired) electrons. The van der Waals surface area contributed by atoms with Crippen LogP contribution in [0.2, 0.25) is 0 Å². The molecule has 0 saturated heterocycles. The lowest BCUT2D eigenvalue weighted by Gasteiger charge is -2.61. The summed E-state index contributed by atoms with van der Waals surface area (Å²) in [5.74, 6) is -2.03. The predicted octanol–water partition coefficient (Wildman–Crippen LogP) is 6.61. The second kappa shape index (κ2) is 11.4. The summed E-state index contributed by atoms with van der Waals surface area (Å²) in [6, 6.07) is 0. The van der Waals surface area contributed by atoms with Gasteiger partial charge in [-0.3, -0.25) is 14.4 Å². The van der Waals surface area contributed by atoms with Gasteiger partial charge >= 0.3 is 0 Å². The minimum atomic E-state index is -1.97. The minimum Gasteiger partial charge on any atom is -0.487 e. The summed E-state index contributed by atoms with van der Waals surface area (Å²) in [7, 11) is 0. The Kier molecular flexibility index (Phi) is 9.24. The van der Waals surface area contributed by atoms with E-state index in [0.717, 1.165) is 16.7 Å². The molecule has 228 valence electrons. The predicted molar refractivity (Wildman–Crippen MR) is 162 cm³/mol. The van der Waals surface area contributed by atoms with Gasteiger partial charge in [0.1, 0.15) is 11.9 Å². The van der Waals surface area contributed by atoms with Gasteiger partial charge in [0.15, 0.2) is 28.9 Å². The number of Topliss-reactive ketones (excluding diaryl/α,β-unsaturated/α-hetero) is 3. The Labute approximate surface area is 247 Å². The van der Waals surface area contributed by atoms with E-state index in [1.54, 1.807) is 13.8 Å². The van der Waals surface area contributed by atoms with Gasteiger partial charge < -0.3 is 14.9 Å². The molecule has 0 aromatic heterocycles. The lowest BCUT2D eigenvalue weighted by atomic mass is 9.38. The number of ether oxygens (including phenoxy) is 1. The molecule has 3 rings (SSSR count). The molecule has 0 amide bonds. The molecule has 41 heavy (non-hydrogen) atoms. The first-order valence-corrected chi connectivity index (χ1v) is 15.1. The first-order valence-electron chi connectivity index (χ1n) is 15.1. The van der Waals surface area contributed by atoms with Crippen LogP contribution in [0.3, 0.4) is 0 Å². The fourth-order valence-electron chi connectivity index (χ4n) is 7.46. The molecule has 0 unspecified atom stereocenters. The van der Waals surface area contributed by atoms with Crippen LogP contribution < -0.4 is 0 Å². The number of aliphatic hydroxyl groups excluding tert-OH is 1. The minimum absolute atomic E-state index is 0.00184.